The van der Waals surface area contributed by atoms with E-state index in [2.05, 4.69) is 20.9 Å². The minimum absolute atomic E-state index is 0.757. The van der Waals surface area contributed by atoms with Crippen LogP contribution in [0.3, 0.4) is 0 Å². The summed E-state index contributed by atoms with van der Waals surface area (Å²) < 4.78 is 0.852. The number of thiazole rings is 1. The molecule has 0 aliphatic rings. The molecule has 0 spiro atoms. The Morgan fingerprint density at radius 1 is 1.31 bits per heavy atom. The molecule has 13 heavy (non-hydrogen) atoms. The monoisotopic (exact) mass is 273 g/mol. The molecule has 0 aliphatic carbocycles. The smallest absolute Gasteiger partial charge is 0.124 e. The van der Waals surface area contributed by atoms with Crippen LogP contribution in [0, 0.1) is 0 Å². The number of hydrogen-bond donors (Lipinski definition) is 0. The summed E-state index contributed by atoms with van der Waals surface area (Å²) in [6.07, 6.45) is 0. The van der Waals surface area contributed by atoms with E-state index in [1.807, 2.05) is 24.3 Å². The molecule has 2 rings (SSSR count). The van der Waals surface area contributed by atoms with Gasteiger partial charge in [-0.3, -0.25) is 0 Å². The molecule has 0 saturated heterocycles. The number of rotatable bonds is 1. The highest BCUT2D eigenvalue weighted by molar-refractivity contribution is 9.10. The molecule has 0 unspecified atom stereocenters. The number of halogens is 2. The summed E-state index contributed by atoms with van der Waals surface area (Å²) in [7, 11) is 0. The van der Waals surface area contributed by atoms with Gasteiger partial charge >= 0.3 is 0 Å². The molecular formula is C9H5BrClNS. The Labute approximate surface area is 93.5 Å². The molecule has 2 aromatic rings. The van der Waals surface area contributed by atoms with Crippen LogP contribution in [0.5, 0.6) is 0 Å². The zero-order chi connectivity index (χ0) is 9.26. The van der Waals surface area contributed by atoms with Gasteiger partial charge in [0, 0.05) is 10.6 Å². The topological polar surface area (TPSA) is 12.9 Å². The predicted molar refractivity (Wildman–Crippen MR) is 60.3 cm³/mol. The molecular weight excluding hydrogens is 270 g/mol. The Balaban J connectivity index is 2.59. The second-order valence-corrected chi connectivity index (χ2v) is 4.47. The molecule has 1 heterocycles. The van der Waals surface area contributed by atoms with Crippen molar-refractivity contribution in [3.05, 3.63) is 39.4 Å². The van der Waals surface area contributed by atoms with Crippen LogP contribution in [0.1, 0.15) is 0 Å². The maximum absolute atomic E-state index is 6.05. The number of nitrogens with zero attached hydrogens (tertiary/aromatic N) is 1. The summed E-state index contributed by atoms with van der Waals surface area (Å²) in [5, 5.41) is 0.757. The van der Waals surface area contributed by atoms with Crippen LogP contribution < -0.4 is 0 Å². The van der Waals surface area contributed by atoms with E-state index in [0.29, 0.717) is 0 Å². The molecule has 0 amide bonds. The fraction of sp³-hybridized carbons (Fsp3) is 0. The first-order valence-corrected chi connectivity index (χ1v) is 5.68. The van der Waals surface area contributed by atoms with Crippen LogP contribution >= 0.6 is 38.9 Å². The standard InChI is InChI=1S/C9H5BrClNS/c10-9-8(13-5-12-9)6-3-1-2-4-7(6)11/h1-5H. The summed E-state index contributed by atoms with van der Waals surface area (Å²) in [6, 6.07) is 7.75. The normalized spacial score (nSPS) is 10.3. The van der Waals surface area contributed by atoms with Crippen molar-refractivity contribution in [1.29, 1.82) is 0 Å². The summed E-state index contributed by atoms with van der Waals surface area (Å²) in [4.78, 5) is 5.19. The third-order valence-corrected chi connectivity index (χ3v) is 3.70. The summed E-state index contributed by atoms with van der Waals surface area (Å²) >= 11 is 11.0. The Morgan fingerprint density at radius 2 is 2.08 bits per heavy atom. The Bertz CT molecular complexity index is 427. The molecule has 1 aromatic heterocycles. The van der Waals surface area contributed by atoms with Crippen molar-refractivity contribution in [2.75, 3.05) is 0 Å². The SMILES string of the molecule is Clc1ccccc1-c1scnc1Br. The van der Waals surface area contributed by atoms with Crippen LogP contribution in [0.4, 0.5) is 0 Å². The zero-order valence-corrected chi connectivity index (χ0v) is 9.66. The van der Waals surface area contributed by atoms with Gasteiger partial charge in [0.2, 0.25) is 0 Å². The third-order valence-electron chi connectivity index (χ3n) is 1.64. The third kappa shape index (κ3) is 1.77. The fourth-order valence-corrected chi connectivity index (χ4v) is 2.79. The van der Waals surface area contributed by atoms with Gasteiger partial charge in [0.25, 0.3) is 0 Å². The first-order valence-electron chi connectivity index (χ1n) is 3.63. The maximum atomic E-state index is 6.05. The molecule has 0 radical (unpaired) electrons. The minimum atomic E-state index is 0.757. The average Bonchev–Trinajstić information content (AvgIpc) is 2.52. The van der Waals surface area contributed by atoms with E-state index in [-0.39, 0.29) is 0 Å². The number of aromatic nitrogens is 1. The van der Waals surface area contributed by atoms with Crippen LogP contribution in [-0.2, 0) is 0 Å². The summed E-state index contributed by atoms with van der Waals surface area (Å²) in [5.41, 5.74) is 2.82. The van der Waals surface area contributed by atoms with Gasteiger partial charge in [0.1, 0.15) is 4.60 Å². The van der Waals surface area contributed by atoms with Gasteiger partial charge < -0.3 is 0 Å². The quantitative estimate of drug-likeness (QED) is 0.758. The first kappa shape index (κ1) is 9.19. The molecule has 0 fully saturated rings. The number of benzene rings is 1. The van der Waals surface area contributed by atoms with E-state index in [9.17, 15) is 0 Å². The summed E-state index contributed by atoms with van der Waals surface area (Å²) in [5.74, 6) is 0. The van der Waals surface area contributed by atoms with Crippen molar-refractivity contribution in [1.82, 2.24) is 4.98 Å². The van der Waals surface area contributed by atoms with Crippen LogP contribution in [0.2, 0.25) is 5.02 Å². The van der Waals surface area contributed by atoms with Gasteiger partial charge in [0.05, 0.1) is 10.4 Å². The lowest BCUT2D eigenvalue weighted by atomic mass is 10.2. The van der Waals surface area contributed by atoms with Crippen LogP contribution in [0.15, 0.2) is 34.4 Å². The second kappa shape index (κ2) is 3.78. The molecule has 1 nitrogen and oxygen atoms in total. The Hall–Kier alpha value is -0.380. The molecule has 1 aromatic carbocycles. The molecule has 66 valence electrons. The van der Waals surface area contributed by atoms with E-state index in [0.717, 1.165) is 20.1 Å². The molecule has 0 N–H and O–H groups in total. The molecule has 0 saturated carbocycles. The van der Waals surface area contributed by atoms with Gasteiger partial charge in [-0.1, -0.05) is 29.8 Å². The second-order valence-electron chi connectivity index (χ2n) is 2.45. The highest BCUT2D eigenvalue weighted by Crippen LogP contribution is 2.35. The van der Waals surface area contributed by atoms with E-state index < -0.39 is 0 Å². The van der Waals surface area contributed by atoms with E-state index >= 15 is 0 Å². The average molecular weight is 275 g/mol. The molecule has 0 bridgehead atoms. The lowest BCUT2D eigenvalue weighted by Crippen LogP contribution is -1.75. The molecule has 0 atom stereocenters. The van der Waals surface area contributed by atoms with Gasteiger partial charge in [0.15, 0.2) is 0 Å². The van der Waals surface area contributed by atoms with Crippen LogP contribution in [-0.4, -0.2) is 4.98 Å². The minimum Gasteiger partial charge on any atom is -0.237 e. The number of hydrogen-bond acceptors (Lipinski definition) is 2. The Morgan fingerprint density at radius 3 is 2.69 bits per heavy atom. The lowest BCUT2D eigenvalue weighted by molar-refractivity contribution is 1.37. The first-order chi connectivity index (χ1) is 6.29. The van der Waals surface area contributed by atoms with E-state index in [1.54, 1.807) is 16.8 Å². The fourth-order valence-electron chi connectivity index (χ4n) is 1.05. The van der Waals surface area contributed by atoms with E-state index in [1.165, 1.54) is 0 Å². The molecule has 0 aliphatic heterocycles. The predicted octanol–water partition coefficient (Wildman–Crippen LogP) is 4.23. The molecule has 4 heteroatoms. The van der Waals surface area contributed by atoms with Gasteiger partial charge in [-0.05, 0) is 22.0 Å². The summed E-state index contributed by atoms with van der Waals surface area (Å²) in [6.45, 7) is 0. The Kier molecular flexibility index (Phi) is 2.67. The highest BCUT2D eigenvalue weighted by Gasteiger charge is 2.08. The van der Waals surface area contributed by atoms with Gasteiger partial charge in [-0.15, -0.1) is 11.3 Å². The van der Waals surface area contributed by atoms with Crippen molar-refractivity contribution >= 4 is 38.9 Å². The van der Waals surface area contributed by atoms with Crippen molar-refractivity contribution in [3.8, 4) is 10.4 Å². The van der Waals surface area contributed by atoms with E-state index in [4.69, 9.17) is 11.6 Å². The largest absolute Gasteiger partial charge is 0.237 e. The van der Waals surface area contributed by atoms with Crippen LogP contribution in [0.25, 0.3) is 10.4 Å². The van der Waals surface area contributed by atoms with Gasteiger partial charge in [-0.2, -0.15) is 0 Å². The highest BCUT2D eigenvalue weighted by atomic mass is 79.9. The van der Waals surface area contributed by atoms with Crippen molar-refractivity contribution in [2.24, 2.45) is 0 Å². The lowest BCUT2D eigenvalue weighted by Gasteiger charge is -1.99. The van der Waals surface area contributed by atoms with Crippen molar-refractivity contribution < 1.29 is 0 Å². The zero-order valence-electron chi connectivity index (χ0n) is 6.50. The van der Waals surface area contributed by atoms with Crippen molar-refractivity contribution in [3.63, 3.8) is 0 Å². The van der Waals surface area contributed by atoms with Crippen molar-refractivity contribution in [2.45, 2.75) is 0 Å². The van der Waals surface area contributed by atoms with Gasteiger partial charge in [-0.25, -0.2) is 4.98 Å². The maximum Gasteiger partial charge on any atom is 0.124 e.